The third-order valence-corrected chi connectivity index (χ3v) is 1.25. The highest BCUT2D eigenvalue weighted by Gasteiger charge is 1.91. The maximum atomic E-state index is 9.68. The van der Waals surface area contributed by atoms with Gasteiger partial charge >= 0.3 is 0 Å². The van der Waals surface area contributed by atoms with Gasteiger partial charge in [0.05, 0.1) is 6.54 Å². The monoisotopic (exact) mass is 155 g/mol. The van der Waals surface area contributed by atoms with E-state index in [-0.39, 0.29) is 0 Å². The molecule has 0 saturated carbocycles. The van der Waals surface area contributed by atoms with Crippen LogP contribution < -0.4 is 0 Å². The second-order valence-electron chi connectivity index (χ2n) is 2.25. The van der Waals surface area contributed by atoms with Crippen molar-refractivity contribution < 1.29 is 9.53 Å². The molecular weight excluding hydrogens is 142 g/mol. The van der Waals surface area contributed by atoms with Gasteiger partial charge in [0.1, 0.15) is 0 Å². The Bertz CT molecular complexity index is 159. The zero-order chi connectivity index (χ0) is 8.53. The van der Waals surface area contributed by atoms with E-state index in [1.54, 1.807) is 7.11 Å². The summed E-state index contributed by atoms with van der Waals surface area (Å²) in [5.74, 6) is 0. The van der Waals surface area contributed by atoms with Gasteiger partial charge < -0.3 is 4.74 Å². The first-order valence-electron chi connectivity index (χ1n) is 3.50. The highest BCUT2D eigenvalue weighted by atomic mass is 16.5. The van der Waals surface area contributed by atoms with Crippen LogP contribution in [0.15, 0.2) is 17.1 Å². The molecule has 0 unspecified atom stereocenters. The van der Waals surface area contributed by atoms with Crippen LogP contribution >= 0.6 is 0 Å². The maximum Gasteiger partial charge on any atom is 0.235 e. The van der Waals surface area contributed by atoms with Crippen molar-refractivity contribution in [1.82, 2.24) is 0 Å². The van der Waals surface area contributed by atoms with Crippen LogP contribution in [-0.2, 0) is 9.53 Å². The summed E-state index contributed by atoms with van der Waals surface area (Å²) >= 11 is 0. The third-order valence-electron chi connectivity index (χ3n) is 1.25. The SMILES string of the molecule is C=C(CCCOC)CN=C=O. The molecule has 0 atom stereocenters. The Morgan fingerprint density at radius 1 is 1.73 bits per heavy atom. The lowest BCUT2D eigenvalue weighted by Crippen LogP contribution is -1.92. The summed E-state index contributed by atoms with van der Waals surface area (Å²) in [5, 5.41) is 0. The summed E-state index contributed by atoms with van der Waals surface area (Å²) in [5.41, 5.74) is 0.949. The topological polar surface area (TPSA) is 38.7 Å². The van der Waals surface area contributed by atoms with Crippen LogP contribution in [0.4, 0.5) is 0 Å². The Kier molecular flexibility index (Phi) is 6.59. The predicted molar refractivity (Wildman–Crippen MR) is 43.2 cm³/mol. The molecular formula is C8H13NO2. The molecule has 0 aliphatic rings. The largest absolute Gasteiger partial charge is 0.385 e. The molecule has 0 spiro atoms. The van der Waals surface area contributed by atoms with Crippen molar-refractivity contribution in [2.24, 2.45) is 4.99 Å². The van der Waals surface area contributed by atoms with E-state index in [2.05, 4.69) is 11.6 Å². The first-order chi connectivity index (χ1) is 5.31. The van der Waals surface area contributed by atoms with Gasteiger partial charge in [-0.2, -0.15) is 0 Å². The van der Waals surface area contributed by atoms with E-state index in [0.29, 0.717) is 6.54 Å². The molecule has 3 nitrogen and oxygen atoms in total. The normalized spacial score (nSPS) is 8.82. The fourth-order valence-electron chi connectivity index (χ4n) is 0.690. The van der Waals surface area contributed by atoms with Crippen molar-refractivity contribution in [2.45, 2.75) is 12.8 Å². The van der Waals surface area contributed by atoms with Crippen LogP contribution in [0.1, 0.15) is 12.8 Å². The second-order valence-corrected chi connectivity index (χ2v) is 2.25. The van der Waals surface area contributed by atoms with Gasteiger partial charge in [0.2, 0.25) is 6.08 Å². The standard InChI is InChI=1S/C8H13NO2/c1-8(6-9-7-10)4-3-5-11-2/h1,3-6H2,2H3. The van der Waals surface area contributed by atoms with Gasteiger partial charge in [-0.1, -0.05) is 12.2 Å². The summed E-state index contributed by atoms with van der Waals surface area (Å²) in [6.45, 7) is 4.86. The number of aliphatic imine (C=N–C) groups is 1. The van der Waals surface area contributed by atoms with Gasteiger partial charge in [-0.3, -0.25) is 0 Å². The molecule has 0 aromatic carbocycles. The number of carbonyl (C=O) groups excluding carboxylic acids is 1. The predicted octanol–water partition coefficient (Wildman–Crippen LogP) is 1.31. The van der Waals surface area contributed by atoms with Gasteiger partial charge in [0.15, 0.2) is 0 Å². The molecule has 0 amide bonds. The van der Waals surface area contributed by atoms with Gasteiger partial charge in [0.25, 0.3) is 0 Å². The minimum Gasteiger partial charge on any atom is -0.385 e. The van der Waals surface area contributed by atoms with E-state index >= 15 is 0 Å². The molecule has 3 heteroatoms. The Hall–Kier alpha value is -0.920. The van der Waals surface area contributed by atoms with Crippen molar-refractivity contribution >= 4 is 6.08 Å². The average molecular weight is 155 g/mol. The zero-order valence-electron chi connectivity index (χ0n) is 6.80. The van der Waals surface area contributed by atoms with Crippen molar-refractivity contribution in [2.75, 3.05) is 20.3 Å². The van der Waals surface area contributed by atoms with E-state index in [1.165, 1.54) is 6.08 Å². The smallest absolute Gasteiger partial charge is 0.235 e. The molecule has 0 saturated heterocycles. The molecule has 0 N–H and O–H groups in total. The summed E-state index contributed by atoms with van der Waals surface area (Å²) in [4.78, 5) is 13.1. The lowest BCUT2D eigenvalue weighted by atomic mass is 10.2. The highest BCUT2D eigenvalue weighted by molar-refractivity contribution is 5.33. The summed E-state index contributed by atoms with van der Waals surface area (Å²) < 4.78 is 4.85. The van der Waals surface area contributed by atoms with Gasteiger partial charge in [-0.05, 0) is 12.8 Å². The van der Waals surface area contributed by atoms with E-state index in [0.717, 1.165) is 25.0 Å². The first kappa shape index (κ1) is 10.1. The molecule has 0 aliphatic carbocycles. The quantitative estimate of drug-likeness (QED) is 0.251. The molecule has 0 heterocycles. The lowest BCUT2D eigenvalue weighted by molar-refractivity contribution is 0.195. The van der Waals surface area contributed by atoms with E-state index in [9.17, 15) is 4.79 Å². The Morgan fingerprint density at radius 3 is 3.00 bits per heavy atom. The van der Waals surface area contributed by atoms with Crippen LogP contribution in [0.3, 0.4) is 0 Å². The number of isocyanates is 1. The average Bonchev–Trinajstić information content (AvgIpc) is 2.01. The molecule has 0 aromatic rings. The third kappa shape index (κ3) is 6.97. The van der Waals surface area contributed by atoms with Crippen molar-refractivity contribution in [3.63, 3.8) is 0 Å². The lowest BCUT2D eigenvalue weighted by Gasteiger charge is -1.99. The van der Waals surface area contributed by atoms with E-state index < -0.39 is 0 Å². The minimum atomic E-state index is 0.396. The first-order valence-corrected chi connectivity index (χ1v) is 3.50. The molecule has 0 aliphatic heterocycles. The number of hydrogen-bond acceptors (Lipinski definition) is 3. The fourth-order valence-corrected chi connectivity index (χ4v) is 0.690. The van der Waals surface area contributed by atoms with Gasteiger partial charge in [-0.25, -0.2) is 9.79 Å². The van der Waals surface area contributed by atoms with Crippen LogP contribution in [0.25, 0.3) is 0 Å². The van der Waals surface area contributed by atoms with E-state index in [1.807, 2.05) is 0 Å². The second kappa shape index (κ2) is 7.19. The van der Waals surface area contributed by atoms with Crippen LogP contribution in [0.5, 0.6) is 0 Å². The number of ether oxygens (including phenoxy) is 1. The van der Waals surface area contributed by atoms with Gasteiger partial charge in [-0.15, -0.1) is 0 Å². The number of methoxy groups -OCH3 is 1. The molecule has 0 aromatic heterocycles. The molecule has 62 valence electrons. The highest BCUT2D eigenvalue weighted by Crippen LogP contribution is 2.01. The summed E-state index contributed by atoms with van der Waals surface area (Å²) in [7, 11) is 1.66. The number of hydrogen-bond donors (Lipinski definition) is 0. The molecule has 0 radical (unpaired) electrons. The molecule has 0 fully saturated rings. The van der Waals surface area contributed by atoms with Crippen LogP contribution in [-0.4, -0.2) is 26.3 Å². The summed E-state index contributed by atoms with van der Waals surface area (Å²) in [6.07, 6.45) is 3.27. The fraction of sp³-hybridized carbons (Fsp3) is 0.625. The molecule has 0 rings (SSSR count). The molecule has 0 bridgehead atoms. The van der Waals surface area contributed by atoms with Crippen LogP contribution in [0.2, 0.25) is 0 Å². The maximum absolute atomic E-state index is 9.68. The van der Waals surface area contributed by atoms with Crippen molar-refractivity contribution in [3.05, 3.63) is 12.2 Å². The summed E-state index contributed by atoms with van der Waals surface area (Å²) in [6, 6.07) is 0. The minimum absolute atomic E-state index is 0.396. The zero-order valence-corrected chi connectivity index (χ0v) is 6.80. The number of rotatable bonds is 6. The van der Waals surface area contributed by atoms with Crippen molar-refractivity contribution in [1.29, 1.82) is 0 Å². The van der Waals surface area contributed by atoms with E-state index in [4.69, 9.17) is 4.74 Å². The Morgan fingerprint density at radius 2 is 2.45 bits per heavy atom. The number of nitrogens with zero attached hydrogens (tertiary/aromatic N) is 1. The van der Waals surface area contributed by atoms with Gasteiger partial charge in [0, 0.05) is 13.7 Å². The van der Waals surface area contributed by atoms with Crippen molar-refractivity contribution in [3.8, 4) is 0 Å². The Labute approximate surface area is 66.8 Å². The van der Waals surface area contributed by atoms with Crippen LogP contribution in [0, 0.1) is 0 Å². The Balaban J connectivity index is 3.29. The molecule has 11 heavy (non-hydrogen) atoms.